The first-order chi connectivity index (χ1) is 13.9. The Morgan fingerprint density at radius 1 is 1.07 bits per heavy atom. The van der Waals surface area contributed by atoms with E-state index in [0.717, 1.165) is 0 Å². The Morgan fingerprint density at radius 3 is 2.52 bits per heavy atom. The molecule has 2 aliphatic heterocycles. The van der Waals surface area contributed by atoms with E-state index in [1.54, 1.807) is 23.1 Å². The molecular formula is C19H18BrN3O5S. The van der Waals surface area contributed by atoms with E-state index < -0.39 is 10.0 Å². The summed E-state index contributed by atoms with van der Waals surface area (Å²) in [5, 5.41) is 2.62. The van der Waals surface area contributed by atoms with Gasteiger partial charge in [0.05, 0.1) is 16.1 Å². The SMILES string of the molecule is O=C1COc2ccc(S(=O)(=O)N3CCN(C(=O)c4ccccc4Br)CC3)cc2N1. The Hall–Kier alpha value is -2.43. The number of rotatable bonds is 3. The first-order valence-electron chi connectivity index (χ1n) is 8.97. The zero-order valence-electron chi connectivity index (χ0n) is 15.3. The molecule has 1 N–H and O–H groups in total. The molecule has 0 aliphatic carbocycles. The maximum atomic E-state index is 13.0. The fraction of sp³-hybridized carbons (Fsp3) is 0.263. The van der Waals surface area contributed by atoms with Crippen molar-refractivity contribution in [3.8, 4) is 5.75 Å². The summed E-state index contributed by atoms with van der Waals surface area (Å²) in [5.74, 6) is -0.0261. The summed E-state index contributed by atoms with van der Waals surface area (Å²) in [7, 11) is -3.76. The number of carbonyl (C=O) groups is 2. The van der Waals surface area contributed by atoms with E-state index in [2.05, 4.69) is 21.2 Å². The zero-order chi connectivity index (χ0) is 20.6. The molecule has 2 heterocycles. The van der Waals surface area contributed by atoms with Crippen LogP contribution in [0.3, 0.4) is 0 Å². The van der Waals surface area contributed by atoms with E-state index in [0.29, 0.717) is 34.6 Å². The molecule has 0 radical (unpaired) electrons. The first-order valence-corrected chi connectivity index (χ1v) is 11.2. The van der Waals surface area contributed by atoms with Crippen LogP contribution in [0.1, 0.15) is 10.4 Å². The van der Waals surface area contributed by atoms with Gasteiger partial charge in [-0.15, -0.1) is 0 Å². The van der Waals surface area contributed by atoms with Crippen molar-refractivity contribution in [1.29, 1.82) is 0 Å². The van der Waals surface area contributed by atoms with E-state index in [-0.39, 0.29) is 36.4 Å². The molecule has 0 saturated carbocycles. The van der Waals surface area contributed by atoms with Gasteiger partial charge in [0.15, 0.2) is 6.61 Å². The van der Waals surface area contributed by atoms with Gasteiger partial charge in [-0.05, 0) is 46.3 Å². The van der Waals surface area contributed by atoms with Crippen LogP contribution in [0.2, 0.25) is 0 Å². The molecule has 0 unspecified atom stereocenters. The highest BCUT2D eigenvalue weighted by Gasteiger charge is 2.31. The van der Waals surface area contributed by atoms with Gasteiger partial charge in [0, 0.05) is 30.7 Å². The number of ether oxygens (including phenoxy) is 1. The van der Waals surface area contributed by atoms with Crippen LogP contribution in [-0.2, 0) is 14.8 Å². The molecule has 2 amide bonds. The molecule has 0 atom stereocenters. The number of halogens is 1. The molecule has 10 heteroatoms. The van der Waals surface area contributed by atoms with E-state index in [4.69, 9.17) is 4.74 Å². The minimum atomic E-state index is -3.76. The number of hydrogen-bond acceptors (Lipinski definition) is 5. The molecule has 0 bridgehead atoms. The normalized spacial score (nSPS) is 17.3. The number of sulfonamides is 1. The third kappa shape index (κ3) is 3.87. The average Bonchev–Trinajstić information content (AvgIpc) is 2.73. The summed E-state index contributed by atoms with van der Waals surface area (Å²) in [6.45, 7) is 0.887. The Bertz CT molecular complexity index is 1080. The molecule has 2 aliphatic rings. The van der Waals surface area contributed by atoms with Crippen LogP contribution in [0.25, 0.3) is 0 Å². The number of nitrogens with zero attached hydrogens (tertiary/aromatic N) is 2. The number of amides is 2. The van der Waals surface area contributed by atoms with E-state index in [1.807, 2.05) is 6.07 Å². The molecule has 2 aromatic carbocycles. The lowest BCUT2D eigenvalue weighted by Gasteiger charge is -2.34. The minimum Gasteiger partial charge on any atom is -0.482 e. The lowest BCUT2D eigenvalue weighted by atomic mass is 10.2. The van der Waals surface area contributed by atoms with Crippen molar-refractivity contribution in [2.45, 2.75) is 4.90 Å². The fourth-order valence-electron chi connectivity index (χ4n) is 3.31. The highest BCUT2D eigenvalue weighted by atomic mass is 79.9. The topological polar surface area (TPSA) is 96.0 Å². The smallest absolute Gasteiger partial charge is 0.262 e. The molecule has 8 nitrogen and oxygen atoms in total. The van der Waals surface area contributed by atoms with Gasteiger partial charge in [0.25, 0.3) is 11.8 Å². The third-order valence-corrected chi connectivity index (χ3v) is 7.44. The van der Waals surface area contributed by atoms with Gasteiger partial charge in [-0.2, -0.15) is 4.31 Å². The van der Waals surface area contributed by atoms with Gasteiger partial charge < -0.3 is 15.0 Å². The van der Waals surface area contributed by atoms with E-state index in [1.165, 1.54) is 22.5 Å². The largest absolute Gasteiger partial charge is 0.482 e. The molecule has 4 rings (SSSR count). The molecule has 152 valence electrons. The van der Waals surface area contributed by atoms with Gasteiger partial charge in [-0.1, -0.05) is 12.1 Å². The third-order valence-electron chi connectivity index (χ3n) is 4.85. The standard InChI is InChI=1S/C19H18BrN3O5S/c20-15-4-2-1-3-14(15)19(25)22-7-9-23(10-8-22)29(26,27)13-5-6-17-16(11-13)21-18(24)12-28-17/h1-6,11H,7-10,12H2,(H,21,24). The van der Waals surface area contributed by atoms with Crippen LogP contribution in [0, 0.1) is 0 Å². The van der Waals surface area contributed by atoms with Gasteiger partial charge >= 0.3 is 0 Å². The molecule has 0 spiro atoms. The maximum Gasteiger partial charge on any atom is 0.262 e. The lowest BCUT2D eigenvalue weighted by Crippen LogP contribution is -2.50. The van der Waals surface area contributed by atoms with Crippen LogP contribution in [0.5, 0.6) is 5.75 Å². The summed E-state index contributed by atoms with van der Waals surface area (Å²) in [5.41, 5.74) is 0.888. The molecule has 1 saturated heterocycles. The van der Waals surface area contributed by atoms with Crippen molar-refractivity contribution >= 4 is 43.5 Å². The lowest BCUT2D eigenvalue weighted by molar-refractivity contribution is -0.118. The van der Waals surface area contributed by atoms with Crippen LogP contribution >= 0.6 is 15.9 Å². The first kappa shape index (κ1) is 19.9. The predicted molar refractivity (Wildman–Crippen MR) is 109 cm³/mol. The highest BCUT2D eigenvalue weighted by molar-refractivity contribution is 9.10. The Balaban J connectivity index is 1.48. The van der Waals surface area contributed by atoms with E-state index in [9.17, 15) is 18.0 Å². The van der Waals surface area contributed by atoms with Gasteiger partial charge in [-0.25, -0.2) is 8.42 Å². The second-order valence-electron chi connectivity index (χ2n) is 6.67. The number of benzene rings is 2. The second kappa shape index (κ2) is 7.77. The van der Waals surface area contributed by atoms with Crippen molar-refractivity contribution in [3.63, 3.8) is 0 Å². The summed E-state index contributed by atoms with van der Waals surface area (Å²) in [6.07, 6.45) is 0. The number of fused-ring (bicyclic) bond motifs is 1. The zero-order valence-corrected chi connectivity index (χ0v) is 17.7. The summed E-state index contributed by atoms with van der Waals surface area (Å²) in [6, 6.07) is 11.6. The Morgan fingerprint density at radius 2 is 1.79 bits per heavy atom. The molecule has 0 aromatic heterocycles. The summed E-state index contributed by atoms with van der Waals surface area (Å²) < 4.78 is 33.4. The molecular weight excluding hydrogens is 462 g/mol. The van der Waals surface area contributed by atoms with Crippen molar-refractivity contribution in [1.82, 2.24) is 9.21 Å². The number of nitrogens with one attached hydrogen (secondary N) is 1. The summed E-state index contributed by atoms with van der Waals surface area (Å²) >= 11 is 3.38. The maximum absolute atomic E-state index is 13.0. The highest BCUT2D eigenvalue weighted by Crippen LogP contribution is 2.31. The van der Waals surface area contributed by atoms with Crippen molar-refractivity contribution in [3.05, 3.63) is 52.5 Å². The predicted octanol–water partition coefficient (Wildman–Crippen LogP) is 1.93. The van der Waals surface area contributed by atoms with Gasteiger partial charge in [-0.3, -0.25) is 9.59 Å². The number of anilines is 1. The monoisotopic (exact) mass is 479 g/mol. The van der Waals surface area contributed by atoms with Crippen LogP contribution in [0.4, 0.5) is 5.69 Å². The van der Waals surface area contributed by atoms with Crippen LogP contribution < -0.4 is 10.1 Å². The Kier molecular flexibility index (Phi) is 5.32. The fourth-order valence-corrected chi connectivity index (χ4v) is 5.21. The van der Waals surface area contributed by atoms with Gasteiger partial charge in [0.2, 0.25) is 10.0 Å². The number of carbonyl (C=O) groups excluding carboxylic acids is 2. The quantitative estimate of drug-likeness (QED) is 0.725. The number of piperazine rings is 1. The van der Waals surface area contributed by atoms with Gasteiger partial charge in [0.1, 0.15) is 5.75 Å². The number of hydrogen-bond donors (Lipinski definition) is 1. The summed E-state index contributed by atoms with van der Waals surface area (Å²) in [4.78, 5) is 25.9. The Labute approximate surface area is 176 Å². The molecule has 1 fully saturated rings. The van der Waals surface area contributed by atoms with Crippen molar-refractivity contribution < 1.29 is 22.7 Å². The van der Waals surface area contributed by atoms with Crippen LogP contribution in [0.15, 0.2) is 51.8 Å². The molecule has 29 heavy (non-hydrogen) atoms. The average molecular weight is 480 g/mol. The second-order valence-corrected chi connectivity index (χ2v) is 9.46. The van der Waals surface area contributed by atoms with Crippen molar-refractivity contribution in [2.75, 3.05) is 38.1 Å². The molecule has 2 aromatic rings. The van der Waals surface area contributed by atoms with Crippen LogP contribution in [-0.4, -0.2) is 62.2 Å². The minimum absolute atomic E-state index is 0.0765. The van der Waals surface area contributed by atoms with E-state index >= 15 is 0 Å². The van der Waals surface area contributed by atoms with Crippen molar-refractivity contribution in [2.24, 2.45) is 0 Å².